The van der Waals surface area contributed by atoms with Gasteiger partial charge in [0.05, 0.1) is 30.4 Å². The smallest absolute Gasteiger partial charge is 0.257 e. The lowest BCUT2D eigenvalue weighted by atomic mass is 10.1. The molecule has 2 aromatic rings. The van der Waals surface area contributed by atoms with Gasteiger partial charge in [-0.15, -0.1) is 0 Å². The maximum Gasteiger partial charge on any atom is 0.257 e. The summed E-state index contributed by atoms with van der Waals surface area (Å²) in [6.07, 6.45) is 0.910. The van der Waals surface area contributed by atoms with Crippen molar-refractivity contribution in [2.24, 2.45) is 0 Å². The lowest BCUT2D eigenvalue weighted by Crippen LogP contribution is -2.37. The van der Waals surface area contributed by atoms with Crippen LogP contribution in [0.3, 0.4) is 0 Å². The van der Waals surface area contributed by atoms with Crippen molar-refractivity contribution in [1.29, 1.82) is 0 Å². The second-order valence-corrected chi connectivity index (χ2v) is 6.47. The van der Waals surface area contributed by atoms with Crippen LogP contribution in [0.15, 0.2) is 42.5 Å². The monoisotopic (exact) mass is 374 g/mol. The van der Waals surface area contributed by atoms with Gasteiger partial charge in [0.1, 0.15) is 5.75 Å². The van der Waals surface area contributed by atoms with Crippen molar-refractivity contribution in [3.05, 3.63) is 53.1 Å². The summed E-state index contributed by atoms with van der Waals surface area (Å²) in [6.45, 7) is 5.54. The highest BCUT2D eigenvalue weighted by atomic mass is 35.5. The van der Waals surface area contributed by atoms with E-state index in [4.69, 9.17) is 21.1 Å². The van der Waals surface area contributed by atoms with Crippen molar-refractivity contribution < 1.29 is 14.3 Å². The number of morpholine rings is 1. The maximum atomic E-state index is 12.8. The largest absolute Gasteiger partial charge is 0.492 e. The molecule has 1 heterocycles. The summed E-state index contributed by atoms with van der Waals surface area (Å²) in [5.41, 5.74) is 2.19. The molecule has 6 heteroatoms. The molecule has 1 fully saturated rings. The van der Waals surface area contributed by atoms with Crippen LogP contribution in [0, 0.1) is 0 Å². The Morgan fingerprint density at radius 1 is 1.23 bits per heavy atom. The Hall–Kier alpha value is -2.24. The van der Waals surface area contributed by atoms with E-state index in [2.05, 4.69) is 10.2 Å². The molecular formula is C20H23ClN2O3. The molecule has 0 spiro atoms. The standard InChI is InChI=1S/C20H23ClN2O3/c1-2-11-26-19-8-7-15(14-17(19)21)22-20(24)16-5-3-4-6-18(16)23-9-12-25-13-10-23/h3-8,14H,2,9-13H2,1H3,(H,22,24). The number of para-hydroxylation sites is 1. The molecule has 0 atom stereocenters. The topological polar surface area (TPSA) is 50.8 Å². The minimum atomic E-state index is -0.162. The number of anilines is 2. The molecule has 0 bridgehead atoms. The molecule has 2 aromatic carbocycles. The summed E-state index contributed by atoms with van der Waals surface area (Å²) < 4.78 is 11.0. The van der Waals surface area contributed by atoms with Crippen molar-refractivity contribution in [2.75, 3.05) is 43.1 Å². The predicted octanol–water partition coefficient (Wildman–Crippen LogP) is 4.22. The number of hydrogen-bond donors (Lipinski definition) is 1. The minimum Gasteiger partial charge on any atom is -0.492 e. The molecule has 0 aromatic heterocycles. The third-order valence-electron chi connectivity index (χ3n) is 4.15. The average Bonchev–Trinajstić information content (AvgIpc) is 2.68. The Balaban J connectivity index is 1.75. The molecule has 1 saturated heterocycles. The molecule has 26 heavy (non-hydrogen) atoms. The van der Waals surface area contributed by atoms with Gasteiger partial charge in [0.25, 0.3) is 5.91 Å². The summed E-state index contributed by atoms with van der Waals surface area (Å²) in [5.74, 6) is 0.464. The third kappa shape index (κ3) is 4.48. The molecule has 1 aliphatic heterocycles. The molecule has 1 N–H and O–H groups in total. The van der Waals surface area contributed by atoms with E-state index in [1.54, 1.807) is 18.2 Å². The highest BCUT2D eigenvalue weighted by Gasteiger charge is 2.18. The second-order valence-electron chi connectivity index (χ2n) is 6.06. The quantitative estimate of drug-likeness (QED) is 0.822. The van der Waals surface area contributed by atoms with Gasteiger partial charge in [-0.2, -0.15) is 0 Å². The Kier molecular flexibility index (Phi) is 6.36. The van der Waals surface area contributed by atoms with Gasteiger partial charge in [0, 0.05) is 24.5 Å². The van der Waals surface area contributed by atoms with Crippen molar-refractivity contribution >= 4 is 28.9 Å². The summed E-state index contributed by atoms with van der Waals surface area (Å²) in [6, 6.07) is 12.9. The van der Waals surface area contributed by atoms with Crippen LogP contribution in [0.1, 0.15) is 23.7 Å². The van der Waals surface area contributed by atoms with Gasteiger partial charge in [-0.05, 0) is 36.8 Å². The molecule has 5 nitrogen and oxygen atoms in total. The SMILES string of the molecule is CCCOc1ccc(NC(=O)c2ccccc2N2CCOCC2)cc1Cl. The van der Waals surface area contributed by atoms with Crippen LogP contribution in [-0.4, -0.2) is 38.8 Å². The zero-order chi connectivity index (χ0) is 18.4. The lowest BCUT2D eigenvalue weighted by Gasteiger charge is -2.30. The Bertz CT molecular complexity index is 760. The number of rotatable bonds is 6. The van der Waals surface area contributed by atoms with Crippen molar-refractivity contribution in [2.45, 2.75) is 13.3 Å². The van der Waals surface area contributed by atoms with Crippen molar-refractivity contribution in [3.63, 3.8) is 0 Å². The third-order valence-corrected chi connectivity index (χ3v) is 4.45. The van der Waals surface area contributed by atoms with Gasteiger partial charge in [-0.1, -0.05) is 30.7 Å². The first-order chi connectivity index (χ1) is 12.7. The number of benzene rings is 2. The molecule has 1 aliphatic rings. The number of nitrogens with zero attached hydrogens (tertiary/aromatic N) is 1. The number of amides is 1. The summed E-state index contributed by atoms with van der Waals surface area (Å²) >= 11 is 6.25. The molecule has 0 saturated carbocycles. The highest BCUT2D eigenvalue weighted by Crippen LogP contribution is 2.29. The molecular weight excluding hydrogens is 352 g/mol. The molecule has 0 radical (unpaired) electrons. The Labute approximate surface area is 158 Å². The van der Waals surface area contributed by atoms with E-state index < -0.39 is 0 Å². The molecule has 138 valence electrons. The number of nitrogens with one attached hydrogen (secondary N) is 1. The minimum absolute atomic E-state index is 0.162. The number of ether oxygens (including phenoxy) is 2. The first kappa shape index (κ1) is 18.5. The van der Waals surface area contributed by atoms with E-state index in [-0.39, 0.29) is 5.91 Å². The van der Waals surface area contributed by atoms with E-state index in [9.17, 15) is 4.79 Å². The average molecular weight is 375 g/mol. The fourth-order valence-corrected chi connectivity index (χ4v) is 3.09. The number of carbonyl (C=O) groups excluding carboxylic acids is 1. The zero-order valence-corrected chi connectivity index (χ0v) is 15.6. The molecule has 1 amide bonds. The van der Waals surface area contributed by atoms with E-state index in [1.807, 2.05) is 31.2 Å². The first-order valence-electron chi connectivity index (χ1n) is 8.84. The Morgan fingerprint density at radius 2 is 2.00 bits per heavy atom. The van der Waals surface area contributed by atoms with Crippen LogP contribution in [0.2, 0.25) is 5.02 Å². The second kappa shape index (κ2) is 8.92. The van der Waals surface area contributed by atoms with Gasteiger partial charge in [-0.25, -0.2) is 0 Å². The predicted molar refractivity (Wildman–Crippen MR) is 105 cm³/mol. The van der Waals surface area contributed by atoms with Gasteiger partial charge < -0.3 is 19.7 Å². The summed E-state index contributed by atoms with van der Waals surface area (Å²) in [7, 11) is 0. The van der Waals surface area contributed by atoms with Crippen LogP contribution in [0.5, 0.6) is 5.75 Å². The summed E-state index contributed by atoms with van der Waals surface area (Å²) in [5, 5.41) is 3.41. The Morgan fingerprint density at radius 3 is 2.73 bits per heavy atom. The molecule has 0 unspecified atom stereocenters. The number of hydrogen-bond acceptors (Lipinski definition) is 4. The van der Waals surface area contributed by atoms with Crippen LogP contribution in [0.25, 0.3) is 0 Å². The van der Waals surface area contributed by atoms with E-state index in [0.717, 1.165) is 25.2 Å². The van der Waals surface area contributed by atoms with E-state index in [0.29, 0.717) is 41.8 Å². The maximum absolute atomic E-state index is 12.8. The van der Waals surface area contributed by atoms with Crippen molar-refractivity contribution in [3.8, 4) is 5.75 Å². The van der Waals surface area contributed by atoms with Gasteiger partial charge >= 0.3 is 0 Å². The lowest BCUT2D eigenvalue weighted by molar-refractivity contribution is 0.102. The molecule has 3 rings (SSSR count). The van der Waals surface area contributed by atoms with Crippen LogP contribution < -0.4 is 15.0 Å². The number of halogens is 1. The van der Waals surface area contributed by atoms with Gasteiger partial charge in [0.15, 0.2) is 0 Å². The summed E-state index contributed by atoms with van der Waals surface area (Å²) in [4.78, 5) is 15.0. The van der Waals surface area contributed by atoms with Gasteiger partial charge in [-0.3, -0.25) is 4.79 Å². The van der Waals surface area contributed by atoms with Crippen LogP contribution >= 0.6 is 11.6 Å². The van der Waals surface area contributed by atoms with Crippen molar-refractivity contribution in [1.82, 2.24) is 0 Å². The van der Waals surface area contributed by atoms with Crippen LogP contribution in [0.4, 0.5) is 11.4 Å². The first-order valence-corrected chi connectivity index (χ1v) is 9.22. The normalized spacial score (nSPS) is 14.2. The van der Waals surface area contributed by atoms with E-state index >= 15 is 0 Å². The molecule has 0 aliphatic carbocycles. The zero-order valence-electron chi connectivity index (χ0n) is 14.8. The van der Waals surface area contributed by atoms with Crippen LogP contribution in [-0.2, 0) is 4.74 Å². The fourth-order valence-electron chi connectivity index (χ4n) is 2.85. The highest BCUT2D eigenvalue weighted by molar-refractivity contribution is 6.32. The van der Waals surface area contributed by atoms with Gasteiger partial charge in [0.2, 0.25) is 0 Å². The number of carbonyl (C=O) groups is 1. The van der Waals surface area contributed by atoms with E-state index in [1.165, 1.54) is 0 Å². The fraction of sp³-hybridized carbons (Fsp3) is 0.350.